The smallest absolute Gasteiger partial charge is 0.278 e. The number of fused-ring (bicyclic) bond motifs is 1. The van der Waals surface area contributed by atoms with Crippen molar-refractivity contribution in [1.29, 1.82) is 0 Å². The quantitative estimate of drug-likeness (QED) is 0.785. The summed E-state index contributed by atoms with van der Waals surface area (Å²) in [4.78, 5) is 8.47. The van der Waals surface area contributed by atoms with E-state index in [2.05, 4.69) is 9.97 Å². The minimum absolute atomic E-state index is 0.354. The van der Waals surface area contributed by atoms with Crippen LogP contribution in [0.2, 0.25) is 5.02 Å². The van der Waals surface area contributed by atoms with Crippen molar-refractivity contribution in [1.82, 2.24) is 9.97 Å². The maximum absolute atomic E-state index is 5.85. The molecule has 4 nitrogen and oxygen atoms in total. The number of ether oxygens (including phenoxy) is 2. The average Bonchev–Trinajstić information content (AvgIpc) is 2.27. The summed E-state index contributed by atoms with van der Waals surface area (Å²) in [6.45, 7) is 0. The molecule has 1 aromatic carbocycles. The molecule has 0 saturated heterocycles. The summed E-state index contributed by atoms with van der Waals surface area (Å²) in [5, 5.41) is 0.615. The maximum Gasteiger partial charge on any atom is 0.278 e. The van der Waals surface area contributed by atoms with Gasteiger partial charge in [-0.15, -0.1) is 0 Å². The van der Waals surface area contributed by atoms with Gasteiger partial charge in [-0.1, -0.05) is 11.6 Å². The predicted octanol–water partition coefficient (Wildman–Crippen LogP) is 2.30. The topological polar surface area (TPSA) is 44.2 Å². The van der Waals surface area contributed by atoms with E-state index in [9.17, 15) is 0 Å². The number of nitrogens with zero attached hydrogens (tertiary/aromatic N) is 2. The summed E-state index contributed by atoms with van der Waals surface area (Å²) in [7, 11) is 3.04. The SMILES string of the molecule is COc1nc2ccc(Cl)cc2nc1OC. The molecule has 0 radical (unpaired) electrons. The lowest BCUT2D eigenvalue weighted by Gasteiger charge is -2.06. The predicted molar refractivity (Wildman–Crippen MR) is 57.7 cm³/mol. The second kappa shape index (κ2) is 3.90. The molecule has 0 fully saturated rings. The van der Waals surface area contributed by atoms with Gasteiger partial charge in [0.25, 0.3) is 11.8 Å². The van der Waals surface area contributed by atoms with E-state index >= 15 is 0 Å². The largest absolute Gasteiger partial charge is 0.477 e. The second-order valence-electron chi connectivity index (χ2n) is 2.88. The van der Waals surface area contributed by atoms with E-state index in [1.165, 1.54) is 14.2 Å². The summed E-state index contributed by atoms with van der Waals surface area (Å²) in [6.07, 6.45) is 0. The monoisotopic (exact) mass is 224 g/mol. The van der Waals surface area contributed by atoms with Gasteiger partial charge < -0.3 is 9.47 Å². The highest BCUT2D eigenvalue weighted by Gasteiger charge is 2.09. The molecule has 0 spiro atoms. The first-order valence-corrected chi connectivity index (χ1v) is 4.67. The fourth-order valence-corrected chi connectivity index (χ4v) is 1.43. The van der Waals surface area contributed by atoms with Crippen LogP contribution >= 0.6 is 11.6 Å². The molecule has 1 aromatic heterocycles. The highest BCUT2D eigenvalue weighted by molar-refractivity contribution is 6.31. The van der Waals surface area contributed by atoms with Crippen molar-refractivity contribution in [3.05, 3.63) is 23.2 Å². The van der Waals surface area contributed by atoms with Gasteiger partial charge in [-0.05, 0) is 18.2 Å². The van der Waals surface area contributed by atoms with Crippen molar-refractivity contribution < 1.29 is 9.47 Å². The highest BCUT2D eigenvalue weighted by atomic mass is 35.5. The molecule has 5 heteroatoms. The van der Waals surface area contributed by atoms with Gasteiger partial charge >= 0.3 is 0 Å². The minimum atomic E-state index is 0.354. The second-order valence-corrected chi connectivity index (χ2v) is 3.31. The van der Waals surface area contributed by atoms with E-state index in [0.717, 1.165) is 5.52 Å². The Kier molecular flexibility index (Phi) is 2.60. The molecule has 0 unspecified atom stereocenters. The Morgan fingerprint density at radius 2 is 1.60 bits per heavy atom. The van der Waals surface area contributed by atoms with E-state index in [-0.39, 0.29) is 0 Å². The summed E-state index contributed by atoms with van der Waals surface area (Å²) in [5.74, 6) is 0.722. The Morgan fingerprint density at radius 1 is 1.00 bits per heavy atom. The van der Waals surface area contributed by atoms with Crippen LogP contribution in [0.5, 0.6) is 11.8 Å². The van der Waals surface area contributed by atoms with E-state index in [1.54, 1.807) is 18.2 Å². The van der Waals surface area contributed by atoms with Gasteiger partial charge in [0, 0.05) is 5.02 Å². The van der Waals surface area contributed by atoms with Crippen molar-refractivity contribution in [2.75, 3.05) is 14.2 Å². The van der Waals surface area contributed by atoms with Crippen molar-refractivity contribution in [3.63, 3.8) is 0 Å². The number of methoxy groups -OCH3 is 2. The lowest BCUT2D eigenvalue weighted by molar-refractivity contribution is 0.334. The molecule has 0 amide bonds. The number of hydrogen-bond donors (Lipinski definition) is 0. The molecule has 0 N–H and O–H groups in total. The molecule has 0 bridgehead atoms. The zero-order valence-electron chi connectivity index (χ0n) is 8.32. The van der Waals surface area contributed by atoms with Gasteiger partial charge in [0.05, 0.1) is 25.3 Å². The summed E-state index contributed by atoms with van der Waals surface area (Å²) in [5.41, 5.74) is 1.40. The first-order valence-electron chi connectivity index (χ1n) is 4.30. The van der Waals surface area contributed by atoms with Crippen LogP contribution in [0.15, 0.2) is 18.2 Å². The molecular formula is C10H9ClN2O2. The Morgan fingerprint density at radius 3 is 2.20 bits per heavy atom. The van der Waals surface area contributed by atoms with Crippen LogP contribution in [0, 0.1) is 0 Å². The van der Waals surface area contributed by atoms with Crippen LogP contribution in [0.4, 0.5) is 0 Å². The first-order chi connectivity index (χ1) is 7.24. The van der Waals surface area contributed by atoms with Crippen molar-refractivity contribution in [2.24, 2.45) is 0 Å². The van der Waals surface area contributed by atoms with Crippen LogP contribution in [-0.2, 0) is 0 Å². The van der Waals surface area contributed by atoms with Gasteiger partial charge in [0.15, 0.2) is 0 Å². The molecule has 15 heavy (non-hydrogen) atoms. The molecule has 2 aromatic rings. The van der Waals surface area contributed by atoms with Crippen molar-refractivity contribution in [3.8, 4) is 11.8 Å². The third kappa shape index (κ3) is 1.80. The van der Waals surface area contributed by atoms with Gasteiger partial charge in [-0.2, -0.15) is 0 Å². The van der Waals surface area contributed by atoms with E-state index < -0.39 is 0 Å². The third-order valence-electron chi connectivity index (χ3n) is 1.95. The number of benzene rings is 1. The molecule has 0 aliphatic rings. The van der Waals surface area contributed by atoms with Gasteiger partial charge in [0.2, 0.25) is 0 Å². The Labute approximate surface area is 91.8 Å². The lowest BCUT2D eigenvalue weighted by atomic mass is 10.3. The number of halogens is 1. The Bertz CT molecular complexity index is 502. The molecule has 2 rings (SSSR count). The molecular weight excluding hydrogens is 216 g/mol. The van der Waals surface area contributed by atoms with E-state index in [1.807, 2.05) is 0 Å². The fourth-order valence-electron chi connectivity index (χ4n) is 1.26. The fraction of sp³-hybridized carbons (Fsp3) is 0.200. The highest BCUT2D eigenvalue weighted by Crippen LogP contribution is 2.26. The van der Waals surface area contributed by atoms with Gasteiger partial charge in [-0.25, -0.2) is 9.97 Å². The molecule has 1 heterocycles. The van der Waals surface area contributed by atoms with Crippen LogP contribution in [0.3, 0.4) is 0 Å². The standard InChI is InChI=1S/C10H9ClN2O2/c1-14-9-10(15-2)13-8-5-6(11)3-4-7(8)12-9/h3-5H,1-2H3. The first kappa shape index (κ1) is 9.98. The third-order valence-corrected chi connectivity index (χ3v) is 2.19. The Hall–Kier alpha value is -1.55. The molecule has 0 saturated carbocycles. The number of hydrogen-bond acceptors (Lipinski definition) is 4. The number of rotatable bonds is 2. The minimum Gasteiger partial charge on any atom is -0.477 e. The number of aromatic nitrogens is 2. The molecule has 0 aliphatic heterocycles. The average molecular weight is 225 g/mol. The van der Waals surface area contributed by atoms with E-state index in [0.29, 0.717) is 22.3 Å². The maximum atomic E-state index is 5.85. The normalized spacial score (nSPS) is 10.3. The summed E-state index contributed by atoms with van der Waals surface area (Å²) < 4.78 is 10.1. The zero-order chi connectivity index (χ0) is 10.8. The lowest BCUT2D eigenvalue weighted by Crippen LogP contribution is -1.97. The summed E-state index contributed by atoms with van der Waals surface area (Å²) >= 11 is 5.85. The van der Waals surface area contributed by atoms with E-state index in [4.69, 9.17) is 21.1 Å². The zero-order valence-corrected chi connectivity index (χ0v) is 9.08. The van der Waals surface area contributed by atoms with Crippen molar-refractivity contribution >= 4 is 22.6 Å². The molecule has 78 valence electrons. The van der Waals surface area contributed by atoms with Crippen molar-refractivity contribution in [2.45, 2.75) is 0 Å². The van der Waals surface area contributed by atoms with Gasteiger partial charge in [-0.3, -0.25) is 0 Å². The van der Waals surface area contributed by atoms with Crippen LogP contribution in [-0.4, -0.2) is 24.2 Å². The van der Waals surface area contributed by atoms with Gasteiger partial charge in [0.1, 0.15) is 0 Å². The Balaban J connectivity index is 2.69. The summed E-state index contributed by atoms with van der Waals surface area (Å²) in [6, 6.07) is 5.27. The van der Waals surface area contributed by atoms with Crippen LogP contribution < -0.4 is 9.47 Å². The molecule has 0 aliphatic carbocycles. The van der Waals surface area contributed by atoms with Crippen LogP contribution in [0.1, 0.15) is 0 Å². The molecule has 0 atom stereocenters. The van der Waals surface area contributed by atoms with Crippen LogP contribution in [0.25, 0.3) is 11.0 Å².